The van der Waals surface area contributed by atoms with Crippen molar-refractivity contribution in [1.82, 2.24) is 0 Å². The molecule has 1 saturated carbocycles. The maximum atomic E-state index is 13.0. The van der Waals surface area contributed by atoms with Crippen LogP contribution in [0.5, 0.6) is 5.75 Å². The lowest BCUT2D eigenvalue weighted by Gasteiger charge is -2.10. The van der Waals surface area contributed by atoms with Gasteiger partial charge in [0.15, 0.2) is 17.4 Å². The second-order valence-corrected chi connectivity index (χ2v) is 3.68. The van der Waals surface area contributed by atoms with Crippen molar-refractivity contribution >= 4 is 5.97 Å². The van der Waals surface area contributed by atoms with Gasteiger partial charge in [-0.3, -0.25) is 4.79 Å². The van der Waals surface area contributed by atoms with Gasteiger partial charge in [-0.05, 0) is 30.5 Å². The number of carboxylic acids is 1. The predicted octanol–water partition coefficient (Wildman–Crippen LogP) is 1.79. The fraction of sp³-hybridized carbons (Fsp3) is 0.300. The summed E-state index contributed by atoms with van der Waals surface area (Å²) >= 11 is 0. The van der Waals surface area contributed by atoms with Crippen molar-refractivity contribution in [3.05, 3.63) is 29.3 Å². The number of halogens is 2. The van der Waals surface area contributed by atoms with Gasteiger partial charge in [-0.2, -0.15) is 0 Å². The summed E-state index contributed by atoms with van der Waals surface area (Å²) in [7, 11) is 0. The Kier molecular flexibility index (Phi) is 1.92. The van der Waals surface area contributed by atoms with E-state index in [9.17, 15) is 13.6 Å². The minimum Gasteiger partial charge on any atom is -0.503 e. The van der Waals surface area contributed by atoms with E-state index in [0.717, 1.165) is 12.1 Å². The fourth-order valence-electron chi connectivity index (χ4n) is 1.59. The maximum absolute atomic E-state index is 13.0. The van der Waals surface area contributed by atoms with Crippen molar-refractivity contribution in [2.75, 3.05) is 0 Å². The Bertz CT molecular complexity index is 415. The van der Waals surface area contributed by atoms with E-state index in [1.165, 1.54) is 0 Å². The smallest absolute Gasteiger partial charge is 0.314 e. The van der Waals surface area contributed by atoms with Gasteiger partial charge in [0, 0.05) is 0 Å². The second-order valence-electron chi connectivity index (χ2n) is 3.68. The molecule has 15 heavy (non-hydrogen) atoms. The van der Waals surface area contributed by atoms with E-state index >= 15 is 0 Å². The summed E-state index contributed by atoms with van der Waals surface area (Å²) in [5.74, 6) is -4.41. The van der Waals surface area contributed by atoms with Gasteiger partial charge in [0.25, 0.3) is 0 Å². The van der Waals surface area contributed by atoms with Crippen LogP contribution in [0.4, 0.5) is 8.78 Å². The Balaban J connectivity index is 2.51. The molecule has 1 aromatic rings. The summed E-state index contributed by atoms with van der Waals surface area (Å²) in [6.45, 7) is 0. The lowest BCUT2D eigenvalue weighted by atomic mass is 9.96. The van der Waals surface area contributed by atoms with Gasteiger partial charge >= 0.3 is 5.97 Å². The van der Waals surface area contributed by atoms with Crippen molar-refractivity contribution in [3.8, 4) is 5.75 Å². The molecule has 1 fully saturated rings. The molecule has 0 bridgehead atoms. The first-order valence-electron chi connectivity index (χ1n) is 4.39. The highest BCUT2D eigenvalue weighted by Crippen LogP contribution is 2.49. The molecular weight excluding hydrogens is 206 g/mol. The standard InChI is InChI=1S/C10H8F2O3/c11-6-3-5(4-7(12)8(6)13)10(1-2-10)9(14)15/h3-4,13H,1-2H2,(H,14,15). The first kappa shape index (κ1) is 9.89. The summed E-state index contributed by atoms with van der Waals surface area (Å²) < 4.78 is 26.0. The van der Waals surface area contributed by atoms with E-state index < -0.39 is 28.8 Å². The van der Waals surface area contributed by atoms with Gasteiger partial charge in [-0.15, -0.1) is 0 Å². The molecule has 0 aliphatic heterocycles. The molecule has 2 N–H and O–H groups in total. The van der Waals surface area contributed by atoms with Crippen LogP contribution in [0.1, 0.15) is 18.4 Å². The van der Waals surface area contributed by atoms with Crippen LogP contribution in [-0.2, 0) is 10.2 Å². The number of carboxylic acid groups (broad SMARTS) is 1. The number of carbonyl (C=O) groups is 1. The number of aromatic hydroxyl groups is 1. The zero-order valence-corrected chi connectivity index (χ0v) is 7.63. The van der Waals surface area contributed by atoms with E-state index in [1.807, 2.05) is 0 Å². The van der Waals surface area contributed by atoms with Crippen LogP contribution in [0.3, 0.4) is 0 Å². The van der Waals surface area contributed by atoms with Crippen LogP contribution in [0.25, 0.3) is 0 Å². The Morgan fingerprint density at radius 2 is 1.73 bits per heavy atom. The van der Waals surface area contributed by atoms with Crippen molar-refractivity contribution < 1.29 is 23.8 Å². The highest BCUT2D eigenvalue weighted by molar-refractivity contribution is 5.84. The van der Waals surface area contributed by atoms with Crippen LogP contribution in [0.15, 0.2) is 12.1 Å². The minimum absolute atomic E-state index is 0.0720. The molecule has 1 aromatic carbocycles. The van der Waals surface area contributed by atoms with Crippen molar-refractivity contribution in [2.45, 2.75) is 18.3 Å². The number of aliphatic carboxylic acids is 1. The molecular formula is C10H8F2O3. The highest BCUT2D eigenvalue weighted by Gasteiger charge is 2.52. The Morgan fingerprint density at radius 3 is 2.07 bits per heavy atom. The SMILES string of the molecule is O=C(O)C1(c2cc(F)c(O)c(F)c2)CC1. The minimum atomic E-state index is -1.16. The highest BCUT2D eigenvalue weighted by atomic mass is 19.1. The number of phenolic OH excluding ortho intramolecular Hbond substituents is 1. The molecule has 3 nitrogen and oxygen atoms in total. The summed E-state index contributed by atoms with van der Waals surface area (Å²) in [6.07, 6.45) is 0.734. The molecule has 1 aliphatic rings. The molecule has 0 heterocycles. The maximum Gasteiger partial charge on any atom is 0.314 e. The summed E-state index contributed by atoms with van der Waals surface area (Å²) in [4.78, 5) is 10.9. The Hall–Kier alpha value is -1.65. The summed E-state index contributed by atoms with van der Waals surface area (Å²) in [5.41, 5.74) is -1.09. The molecule has 0 aromatic heterocycles. The molecule has 80 valence electrons. The van der Waals surface area contributed by atoms with Crippen LogP contribution in [0.2, 0.25) is 0 Å². The zero-order valence-electron chi connectivity index (χ0n) is 7.63. The first-order chi connectivity index (χ1) is 6.97. The van der Waals surface area contributed by atoms with Crippen LogP contribution in [0, 0.1) is 11.6 Å². The third kappa shape index (κ3) is 1.35. The normalized spacial score (nSPS) is 17.5. The lowest BCUT2D eigenvalue weighted by Crippen LogP contribution is -2.19. The molecule has 0 atom stereocenters. The Morgan fingerprint density at radius 1 is 1.27 bits per heavy atom. The van der Waals surface area contributed by atoms with Crippen LogP contribution < -0.4 is 0 Å². The third-order valence-corrected chi connectivity index (χ3v) is 2.73. The summed E-state index contributed by atoms with van der Waals surface area (Å²) in [6, 6.07) is 1.75. The predicted molar refractivity (Wildman–Crippen MR) is 46.6 cm³/mol. The quantitative estimate of drug-likeness (QED) is 0.789. The van der Waals surface area contributed by atoms with Crippen molar-refractivity contribution in [3.63, 3.8) is 0 Å². The van der Waals surface area contributed by atoms with Crippen molar-refractivity contribution in [1.29, 1.82) is 0 Å². The molecule has 0 amide bonds. The van der Waals surface area contributed by atoms with Gasteiger partial charge in [-0.25, -0.2) is 8.78 Å². The molecule has 0 unspecified atom stereocenters. The monoisotopic (exact) mass is 214 g/mol. The second kappa shape index (κ2) is 2.92. The van der Waals surface area contributed by atoms with Gasteiger partial charge in [0.1, 0.15) is 0 Å². The third-order valence-electron chi connectivity index (χ3n) is 2.73. The first-order valence-corrected chi connectivity index (χ1v) is 4.39. The van der Waals surface area contributed by atoms with Crippen molar-refractivity contribution in [2.24, 2.45) is 0 Å². The lowest BCUT2D eigenvalue weighted by molar-refractivity contribution is -0.140. The molecule has 1 aliphatic carbocycles. The number of hydrogen-bond donors (Lipinski definition) is 2. The van der Waals surface area contributed by atoms with Gasteiger partial charge in [0.05, 0.1) is 5.41 Å². The van der Waals surface area contributed by atoms with Gasteiger partial charge < -0.3 is 10.2 Å². The van der Waals surface area contributed by atoms with E-state index in [1.54, 1.807) is 0 Å². The van der Waals surface area contributed by atoms with E-state index in [-0.39, 0.29) is 5.56 Å². The van der Waals surface area contributed by atoms with Crippen LogP contribution >= 0.6 is 0 Å². The van der Waals surface area contributed by atoms with Gasteiger partial charge in [0.2, 0.25) is 0 Å². The van der Waals surface area contributed by atoms with Gasteiger partial charge in [-0.1, -0.05) is 0 Å². The number of hydrogen-bond acceptors (Lipinski definition) is 2. The zero-order chi connectivity index (χ0) is 11.2. The number of rotatable bonds is 2. The molecule has 2 rings (SSSR count). The number of benzene rings is 1. The van der Waals surface area contributed by atoms with E-state index in [4.69, 9.17) is 10.2 Å². The average Bonchev–Trinajstić information content (AvgIpc) is 2.93. The summed E-state index contributed by atoms with van der Waals surface area (Å²) in [5, 5.41) is 17.8. The molecule has 0 spiro atoms. The van der Waals surface area contributed by atoms with E-state index in [2.05, 4.69) is 0 Å². The largest absolute Gasteiger partial charge is 0.503 e. The molecule has 0 saturated heterocycles. The van der Waals surface area contributed by atoms with Crippen LogP contribution in [-0.4, -0.2) is 16.2 Å². The number of phenols is 1. The Labute approximate surface area is 84.0 Å². The topological polar surface area (TPSA) is 57.5 Å². The molecule has 0 radical (unpaired) electrons. The molecule has 5 heteroatoms. The van der Waals surface area contributed by atoms with E-state index in [0.29, 0.717) is 12.8 Å². The fourth-order valence-corrected chi connectivity index (χ4v) is 1.59. The average molecular weight is 214 g/mol.